The number of fused-ring (bicyclic) bond motifs is 1. The molecule has 0 spiro atoms. The number of aryl methyl sites for hydroxylation is 1. The Morgan fingerprint density at radius 3 is 2.51 bits per heavy atom. The number of hydrogen-bond donors (Lipinski definition) is 1. The van der Waals surface area contributed by atoms with Gasteiger partial charge < -0.3 is 10.1 Å². The SMILES string of the molecule is Cn1nc(Nc2cnccn2)c2cc(-c3ncccc3Cl)cc(Oc3ccc(S(C)(=O)=O)cc3)c21. The highest BCUT2D eigenvalue weighted by atomic mass is 35.5. The monoisotopic (exact) mass is 506 g/mol. The highest BCUT2D eigenvalue weighted by Crippen LogP contribution is 2.39. The van der Waals surface area contributed by atoms with Gasteiger partial charge in [0.1, 0.15) is 17.1 Å². The summed E-state index contributed by atoms with van der Waals surface area (Å²) >= 11 is 6.44. The molecule has 0 radical (unpaired) electrons. The number of hydrogen-bond acceptors (Lipinski definition) is 8. The molecule has 0 aliphatic heterocycles. The minimum Gasteiger partial charge on any atom is -0.455 e. The Kier molecular flexibility index (Phi) is 5.83. The first-order chi connectivity index (χ1) is 16.8. The number of ether oxygens (including phenoxy) is 1. The highest BCUT2D eigenvalue weighted by molar-refractivity contribution is 7.90. The number of aromatic nitrogens is 5. The minimum atomic E-state index is -3.32. The molecule has 0 unspecified atom stereocenters. The first kappa shape index (κ1) is 22.8. The van der Waals surface area contributed by atoms with Crippen LogP contribution in [0.5, 0.6) is 11.5 Å². The third-order valence-corrected chi connectivity index (χ3v) is 6.66. The van der Waals surface area contributed by atoms with Crippen LogP contribution in [0.15, 0.2) is 78.2 Å². The lowest BCUT2D eigenvalue weighted by atomic mass is 10.1. The zero-order valence-corrected chi connectivity index (χ0v) is 20.2. The van der Waals surface area contributed by atoms with Crippen LogP contribution in [0.25, 0.3) is 22.2 Å². The molecule has 0 fully saturated rings. The molecule has 5 aromatic rings. The first-order valence-corrected chi connectivity index (χ1v) is 12.7. The van der Waals surface area contributed by atoms with Gasteiger partial charge in [0.2, 0.25) is 0 Å². The van der Waals surface area contributed by atoms with E-state index in [4.69, 9.17) is 16.3 Å². The van der Waals surface area contributed by atoms with E-state index in [1.54, 1.807) is 60.8 Å². The van der Waals surface area contributed by atoms with E-state index < -0.39 is 9.84 Å². The number of nitrogens with zero attached hydrogens (tertiary/aromatic N) is 5. The normalized spacial score (nSPS) is 11.5. The smallest absolute Gasteiger partial charge is 0.175 e. The Balaban J connectivity index is 1.66. The molecule has 0 saturated carbocycles. The second-order valence-corrected chi connectivity index (χ2v) is 10.2. The van der Waals surface area contributed by atoms with Gasteiger partial charge in [-0.3, -0.25) is 14.6 Å². The predicted octanol–water partition coefficient (Wildman–Crippen LogP) is 5.02. The molecule has 1 N–H and O–H groups in total. The Morgan fingerprint density at radius 2 is 1.83 bits per heavy atom. The quantitative estimate of drug-likeness (QED) is 0.341. The van der Waals surface area contributed by atoms with Gasteiger partial charge in [-0.25, -0.2) is 13.4 Å². The van der Waals surface area contributed by atoms with Crippen molar-refractivity contribution in [2.45, 2.75) is 4.90 Å². The van der Waals surface area contributed by atoms with Crippen molar-refractivity contribution in [3.05, 3.63) is 78.3 Å². The van der Waals surface area contributed by atoms with E-state index in [0.29, 0.717) is 39.4 Å². The molecule has 0 aliphatic rings. The van der Waals surface area contributed by atoms with E-state index in [9.17, 15) is 8.42 Å². The third kappa shape index (κ3) is 4.66. The van der Waals surface area contributed by atoms with E-state index in [1.165, 1.54) is 12.1 Å². The summed E-state index contributed by atoms with van der Waals surface area (Å²) in [6.45, 7) is 0. The lowest BCUT2D eigenvalue weighted by molar-refractivity contribution is 0.484. The van der Waals surface area contributed by atoms with Crippen LogP contribution in [0.1, 0.15) is 0 Å². The van der Waals surface area contributed by atoms with Gasteiger partial charge in [-0.2, -0.15) is 5.10 Å². The van der Waals surface area contributed by atoms with Gasteiger partial charge in [0, 0.05) is 42.8 Å². The summed E-state index contributed by atoms with van der Waals surface area (Å²) in [6, 6.07) is 13.5. The van der Waals surface area contributed by atoms with Gasteiger partial charge in [0.15, 0.2) is 21.4 Å². The van der Waals surface area contributed by atoms with E-state index in [2.05, 4.69) is 25.4 Å². The van der Waals surface area contributed by atoms with Crippen molar-refractivity contribution < 1.29 is 13.2 Å². The Hall–Kier alpha value is -4.02. The largest absolute Gasteiger partial charge is 0.455 e. The molecule has 3 heterocycles. The molecule has 0 saturated heterocycles. The van der Waals surface area contributed by atoms with Crippen molar-refractivity contribution >= 4 is 44.0 Å². The standard InChI is InChI=1S/C24H19ClN6O3S/c1-31-23-18(24(30-31)29-21-14-26-10-11-27-21)12-15(22-19(25)4-3-9-28-22)13-20(23)34-16-5-7-17(8-6-16)35(2,32)33/h3-14H,1-2H3,(H,27,29,30). The van der Waals surface area contributed by atoms with E-state index in [0.717, 1.165) is 17.2 Å². The maximum Gasteiger partial charge on any atom is 0.175 e. The zero-order valence-electron chi connectivity index (χ0n) is 18.7. The molecular weight excluding hydrogens is 488 g/mol. The topological polar surface area (TPSA) is 112 Å². The molecule has 3 aromatic heterocycles. The van der Waals surface area contributed by atoms with Crippen LogP contribution < -0.4 is 10.1 Å². The second-order valence-electron chi connectivity index (χ2n) is 7.74. The van der Waals surface area contributed by atoms with E-state index in [1.807, 2.05) is 12.1 Å². The highest BCUT2D eigenvalue weighted by Gasteiger charge is 2.19. The fourth-order valence-electron chi connectivity index (χ4n) is 3.65. The second kappa shape index (κ2) is 8.97. The van der Waals surface area contributed by atoms with E-state index in [-0.39, 0.29) is 4.90 Å². The lowest BCUT2D eigenvalue weighted by Crippen LogP contribution is -1.97. The van der Waals surface area contributed by atoms with Crippen molar-refractivity contribution in [2.75, 3.05) is 11.6 Å². The summed E-state index contributed by atoms with van der Waals surface area (Å²) in [5.41, 5.74) is 2.02. The van der Waals surface area contributed by atoms with Crippen LogP contribution in [-0.2, 0) is 16.9 Å². The van der Waals surface area contributed by atoms with Gasteiger partial charge in [0.25, 0.3) is 0 Å². The molecule has 35 heavy (non-hydrogen) atoms. The molecule has 2 aromatic carbocycles. The lowest BCUT2D eigenvalue weighted by Gasteiger charge is -2.12. The fraction of sp³-hybridized carbons (Fsp3) is 0.0833. The number of halogens is 1. The van der Waals surface area contributed by atoms with Crippen molar-refractivity contribution in [2.24, 2.45) is 7.05 Å². The third-order valence-electron chi connectivity index (χ3n) is 5.22. The molecular formula is C24H19ClN6O3S. The summed E-state index contributed by atoms with van der Waals surface area (Å²) in [4.78, 5) is 13.0. The van der Waals surface area contributed by atoms with Crippen LogP contribution in [0.4, 0.5) is 11.6 Å². The average molecular weight is 507 g/mol. The predicted molar refractivity (Wildman–Crippen MR) is 134 cm³/mol. The van der Waals surface area contributed by atoms with Crippen LogP contribution in [0, 0.1) is 0 Å². The number of sulfone groups is 1. The van der Waals surface area contributed by atoms with Crippen LogP contribution in [0.3, 0.4) is 0 Å². The maximum absolute atomic E-state index is 11.8. The molecule has 0 atom stereocenters. The number of anilines is 2. The molecule has 0 aliphatic carbocycles. The van der Waals surface area contributed by atoms with E-state index >= 15 is 0 Å². The Morgan fingerprint density at radius 1 is 1.03 bits per heavy atom. The summed E-state index contributed by atoms with van der Waals surface area (Å²) in [5, 5.41) is 9.05. The first-order valence-electron chi connectivity index (χ1n) is 10.4. The van der Waals surface area contributed by atoms with Crippen molar-refractivity contribution in [1.82, 2.24) is 24.7 Å². The summed E-state index contributed by atoms with van der Waals surface area (Å²) in [7, 11) is -1.52. The summed E-state index contributed by atoms with van der Waals surface area (Å²) in [6.07, 6.45) is 7.59. The molecule has 11 heteroatoms. The van der Waals surface area contributed by atoms with Crippen molar-refractivity contribution in [1.29, 1.82) is 0 Å². The molecule has 176 valence electrons. The van der Waals surface area contributed by atoms with Crippen LogP contribution in [-0.4, -0.2) is 39.4 Å². The average Bonchev–Trinajstić information content (AvgIpc) is 3.15. The number of pyridine rings is 1. The summed E-state index contributed by atoms with van der Waals surface area (Å²) < 4.78 is 31.6. The Labute approximate surface area is 206 Å². The molecule has 0 amide bonds. The Bertz CT molecular complexity index is 1640. The number of nitrogens with one attached hydrogen (secondary N) is 1. The number of benzene rings is 2. The van der Waals surface area contributed by atoms with Gasteiger partial charge in [0.05, 0.1) is 21.8 Å². The van der Waals surface area contributed by atoms with Crippen LogP contribution >= 0.6 is 11.6 Å². The summed E-state index contributed by atoms with van der Waals surface area (Å²) in [5.74, 6) is 2.04. The molecule has 5 rings (SSSR count). The van der Waals surface area contributed by atoms with Crippen molar-refractivity contribution in [3.63, 3.8) is 0 Å². The van der Waals surface area contributed by atoms with Gasteiger partial charge >= 0.3 is 0 Å². The molecule has 0 bridgehead atoms. The minimum absolute atomic E-state index is 0.208. The fourth-order valence-corrected chi connectivity index (χ4v) is 4.51. The number of rotatable bonds is 6. The molecule has 9 nitrogen and oxygen atoms in total. The van der Waals surface area contributed by atoms with Gasteiger partial charge in [-0.05, 0) is 48.5 Å². The van der Waals surface area contributed by atoms with Gasteiger partial charge in [-0.1, -0.05) is 11.6 Å². The maximum atomic E-state index is 11.8. The zero-order chi connectivity index (χ0) is 24.6. The van der Waals surface area contributed by atoms with Crippen molar-refractivity contribution in [3.8, 4) is 22.8 Å². The van der Waals surface area contributed by atoms with Gasteiger partial charge in [-0.15, -0.1) is 0 Å². The van der Waals surface area contributed by atoms with Crippen LogP contribution in [0.2, 0.25) is 5.02 Å².